The second kappa shape index (κ2) is 6.75. The molecule has 0 aliphatic carbocycles. The molecule has 0 spiro atoms. The van der Waals surface area contributed by atoms with Crippen molar-refractivity contribution in [1.29, 1.82) is 0 Å². The molecule has 1 fully saturated rings. The Hall–Kier alpha value is -1.30. The number of anilines is 1. The molecule has 1 aromatic rings. The fraction of sp³-hybridized carbons (Fsp3) is 0.462. The SMILES string of the molecule is O=C([O-])N(CCN1CCOCC1)c1ccc(Cl)cc1. The molecule has 0 radical (unpaired) electrons. The van der Waals surface area contributed by atoms with Crippen LogP contribution in [0.5, 0.6) is 0 Å². The van der Waals surface area contributed by atoms with Gasteiger partial charge in [-0.3, -0.25) is 4.90 Å². The maximum absolute atomic E-state index is 11.2. The van der Waals surface area contributed by atoms with Crippen molar-refractivity contribution in [3.8, 4) is 0 Å². The van der Waals surface area contributed by atoms with E-state index in [1.165, 1.54) is 4.90 Å². The van der Waals surface area contributed by atoms with Crippen LogP contribution in [0.4, 0.5) is 10.5 Å². The van der Waals surface area contributed by atoms with Crippen molar-refractivity contribution in [3.05, 3.63) is 29.3 Å². The zero-order valence-electron chi connectivity index (χ0n) is 10.5. The number of carboxylic acid groups (broad SMARTS) is 1. The molecule has 104 valence electrons. The average molecular weight is 284 g/mol. The fourth-order valence-electron chi connectivity index (χ4n) is 2.01. The van der Waals surface area contributed by atoms with Gasteiger partial charge in [0.25, 0.3) is 0 Å². The Morgan fingerprint density at radius 1 is 1.32 bits per heavy atom. The van der Waals surface area contributed by atoms with Crippen molar-refractivity contribution < 1.29 is 14.6 Å². The zero-order valence-corrected chi connectivity index (χ0v) is 11.3. The van der Waals surface area contributed by atoms with Crippen LogP contribution in [-0.2, 0) is 4.74 Å². The van der Waals surface area contributed by atoms with E-state index >= 15 is 0 Å². The summed E-state index contributed by atoms with van der Waals surface area (Å²) in [7, 11) is 0. The first-order valence-electron chi connectivity index (χ1n) is 6.21. The van der Waals surface area contributed by atoms with Gasteiger partial charge in [0.2, 0.25) is 0 Å². The Morgan fingerprint density at radius 2 is 1.95 bits per heavy atom. The van der Waals surface area contributed by atoms with E-state index in [0.29, 0.717) is 37.0 Å². The summed E-state index contributed by atoms with van der Waals surface area (Å²) in [5, 5.41) is 11.8. The van der Waals surface area contributed by atoms with Crippen LogP contribution >= 0.6 is 11.6 Å². The van der Waals surface area contributed by atoms with Gasteiger partial charge >= 0.3 is 0 Å². The number of ether oxygens (including phenoxy) is 1. The molecule has 1 amide bonds. The van der Waals surface area contributed by atoms with Crippen molar-refractivity contribution in [1.82, 2.24) is 4.90 Å². The molecule has 1 aliphatic heterocycles. The molecule has 0 aromatic heterocycles. The average Bonchev–Trinajstić information content (AvgIpc) is 2.42. The minimum absolute atomic E-state index is 0.379. The van der Waals surface area contributed by atoms with Gasteiger partial charge in [0.1, 0.15) is 6.09 Å². The fourth-order valence-corrected chi connectivity index (χ4v) is 2.14. The molecular formula is C13H16ClN2O3-. The Bertz CT molecular complexity index is 418. The molecule has 0 saturated carbocycles. The number of hydrogen-bond donors (Lipinski definition) is 0. The van der Waals surface area contributed by atoms with Crippen LogP contribution in [0.2, 0.25) is 5.02 Å². The Labute approximate surface area is 117 Å². The standard InChI is InChI=1S/C13H17ClN2O3/c14-11-1-3-12(4-2-11)16(13(17)18)6-5-15-7-9-19-10-8-15/h1-4H,5-10H2,(H,17,18)/p-1. The smallest absolute Gasteiger partial charge is 0.141 e. The lowest BCUT2D eigenvalue weighted by Crippen LogP contribution is -2.47. The lowest BCUT2D eigenvalue weighted by molar-refractivity contribution is -0.246. The quantitative estimate of drug-likeness (QED) is 0.821. The summed E-state index contributed by atoms with van der Waals surface area (Å²) in [5.74, 6) is 0. The lowest BCUT2D eigenvalue weighted by atomic mass is 10.3. The number of nitrogens with zero attached hydrogens (tertiary/aromatic N) is 2. The zero-order chi connectivity index (χ0) is 13.7. The Balaban J connectivity index is 1.96. The van der Waals surface area contributed by atoms with Crippen molar-refractivity contribution in [3.63, 3.8) is 0 Å². The first-order valence-corrected chi connectivity index (χ1v) is 6.59. The monoisotopic (exact) mass is 283 g/mol. The number of rotatable bonds is 4. The molecule has 0 atom stereocenters. The highest BCUT2D eigenvalue weighted by molar-refractivity contribution is 6.30. The molecule has 2 rings (SSSR count). The summed E-state index contributed by atoms with van der Waals surface area (Å²) in [4.78, 5) is 14.6. The van der Waals surface area contributed by atoms with Gasteiger partial charge in [-0.1, -0.05) is 11.6 Å². The van der Waals surface area contributed by atoms with Gasteiger partial charge in [0, 0.05) is 36.9 Å². The van der Waals surface area contributed by atoms with E-state index in [1.54, 1.807) is 24.3 Å². The molecule has 5 nitrogen and oxygen atoms in total. The van der Waals surface area contributed by atoms with Crippen LogP contribution in [0, 0.1) is 0 Å². The summed E-state index contributed by atoms with van der Waals surface area (Å²) in [6.07, 6.45) is -1.20. The first kappa shape index (κ1) is 14.1. The molecule has 0 bridgehead atoms. The first-order chi connectivity index (χ1) is 9.16. The van der Waals surface area contributed by atoms with E-state index in [1.807, 2.05) is 0 Å². The van der Waals surface area contributed by atoms with Crippen LogP contribution in [-0.4, -0.2) is 50.4 Å². The highest BCUT2D eigenvalue weighted by Gasteiger charge is 2.13. The number of carbonyl (C=O) groups excluding carboxylic acids is 1. The van der Waals surface area contributed by atoms with E-state index in [9.17, 15) is 9.90 Å². The summed E-state index contributed by atoms with van der Waals surface area (Å²) >= 11 is 5.79. The highest BCUT2D eigenvalue weighted by atomic mass is 35.5. The van der Waals surface area contributed by atoms with E-state index in [2.05, 4.69) is 4.90 Å². The third-order valence-electron chi connectivity index (χ3n) is 3.10. The van der Waals surface area contributed by atoms with Crippen molar-refractivity contribution >= 4 is 23.4 Å². The van der Waals surface area contributed by atoms with E-state index in [0.717, 1.165) is 13.1 Å². The van der Waals surface area contributed by atoms with Gasteiger partial charge in [0.05, 0.1) is 13.2 Å². The van der Waals surface area contributed by atoms with Crippen LogP contribution in [0.25, 0.3) is 0 Å². The van der Waals surface area contributed by atoms with Crippen LogP contribution in [0.3, 0.4) is 0 Å². The molecule has 0 N–H and O–H groups in total. The van der Waals surface area contributed by atoms with Gasteiger partial charge in [-0.25, -0.2) is 0 Å². The normalized spacial score (nSPS) is 16.3. The number of halogens is 1. The summed E-state index contributed by atoms with van der Waals surface area (Å²) in [6, 6.07) is 6.69. The maximum atomic E-state index is 11.2. The van der Waals surface area contributed by atoms with Crippen LogP contribution < -0.4 is 10.0 Å². The predicted molar refractivity (Wildman–Crippen MR) is 71.5 cm³/mol. The van der Waals surface area contributed by atoms with Gasteiger partial charge in [0.15, 0.2) is 0 Å². The van der Waals surface area contributed by atoms with E-state index in [-0.39, 0.29) is 0 Å². The van der Waals surface area contributed by atoms with E-state index in [4.69, 9.17) is 16.3 Å². The summed E-state index contributed by atoms with van der Waals surface area (Å²) < 4.78 is 5.25. The molecule has 1 aliphatic rings. The number of benzene rings is 1. The number of amides is 1. The molecule has 0 unspecified atom stereocenters. The summed E-state index contributed by atoms with van der Waals surface area (Å²) in [5.41, 5.74) is 0.581. The minimum atomic E-state index is -1.20. The molecule has 19 heavy (non-hydrogen) atoms. The maximum Gasteiger partial charge on any atom is 0.141 e. The Morgan fingerprint density at radius 3 is 2.53 bits per heavy atom. The van der Waals surface area contributed by atoms with Crippen molar-refractivity contribution in [2.75, 3.05) is 44.3 Å². The largest absolute Gasteiger partial charge is 0.530 e. The van der Waals surface area contributed by atoms with Gasteiger partial charge in [-0.05, 0) is 24.3 Å². The Kier molecular flexibility index (Phi) is 5.01. The van der Waals surface area contributed by atoms with Crippen molar-refractivity contribution in [2.45, 2.75) is 0 Å². The number of hydrogen-bond acceptors (Lipinski definition) is 4. The number of morpholine rings is 1. The number of carbonyl (C=O) groups is 1. The third-order valence-corrected chi connectivity index (χ3v) is 3.35. The second-order valence-corrected chi connectivity index (χ2v) is 4.78. The molecule has 1 heterocycles. The second-order valence-electron chi connectivity index (χ2n) is 4.35. The van der Waals surface area contributed by atoms with Gasteiger partial charge in [-0.2, -0.15) is 0 Å². The van der Waals surface area contributed by atoms with Crippen molar-refractivity contribution in [2.24, 2.45) is 0 Å². The highest BCUT2D eigenvalue weighted by Crippen LogP contribution is 2.17. The molecule has 1 saturated heterocycles. The molecular weight excluding hydrogens is 268 g/mol. The van der Waals surface area contributed by atoms with E-state index < -0.39 is 6.09 Å². The van der Waals surface area contributed by atoms with Crippen LogP contribution in [0.15, 0.2) is 24.3 Å². The minimum Gasteiger partial charge on any atom is -0.530 e. The molecule has 1 aromatic carbocycles. The predicted octanol–water partition coefficient (Wildman–Crippen LogP) is 0.822. The topological polar surface area (TPSA) is 55.8 Å². The van der Waals surface area contributed by atoms with Crippen LogP contribution in [0.1, 0.15) is 0 Å². The summed E-state index contributed by atoms with van der Waals surface area (Å²) in [6.45, 7) is 4.12. The third kappa shape index (κ3) is 4.09. The van der Waals surface area contributed by atoms with Gasteiger partial charge in [-0.15, -0.1) is 0 Å². The van der Waals surface area contributed by atoms with Gasteiger partial charge < -0.3 is 19.5 Å². The molecule has 6 heteroatoms. The lowest BCUT2D eigenvalue weighted by Gasteiger charge is -2.31.